The van der Waals surface area contributed by atoms with Crippen molar-refractivity contribution in [3.8, 4) is 5.69 Å². The lowest BCUT2D eigenvalue weighted by Crippen LogP contribution is -2.40. The molecule has 0 saturated carbocycles. The zero-order valence-corrected chi connectivity index (χ0v) is 16.0. The molecule has 28 heavy (non-hydrogen) atoms. The molecule has 2 heterocycles. The number of carbonyl (C=O) groups excluding carboxylic acids is 2. The van der Waals surface area contributed by atoms with Crippen molar-refractivity contribution >= 4 is 35.0 Å². The Labute approximate surface area is 165 Å². The summed E-state index contributed by atoms with van der Waals surface area (Å²) in [6.07, 6.45) is 0.243. The third-order valence-corrected chi connectivity index (χ3v) is 5.30. The van der Waals surface area contributed by atoms with E-state index >= 15 is 0 Å². The minimum absolute atomic E-state index is 0.101. The number of hydrogen-bond acceptors (Lipinski definition) is 6. The molecule has 0 bridgehead atoms. The van der Waals surface area contributed by atoms with Crippen LogP contribution >= 0.6 is 11.8 Å². The van der Waals surface area contributed by atoms with Crippen LogP contribution in [0.4, 0.5) is 11.4 Å². The fourth-order valence-corrected chi connectivity index (χ4v) is 3.91. The van der Waals surface area contributed by atoms with E-state index in [2.05, 4.69) is 20.8 Å². The van der Waals surface area contributed by atoms with Gasteiger partial charge in [0.2, 0.25) is 17.0 Å². The Morgan fingerprint density at radius 1 is 1.18 bits per heavy atom. The van der Waals surface area contributed by atoms with Crippen LogP contribution in [0.25, 0.3) is 5.69 Å². The second-order valence-corrected chi connectivity index (χ2v) is 7.32. The van der Waals surface area contributed by atoms with Crippen LogP contribution in [0.5, 0.6) is 0 Å². The lowest BCUT2D eigenvalue weighted by Gasteiger charge is -2.27. The predicted octanol–water partition coefficient (Wildman–Crippen LogP) is 2.52. The van der Waals surface area contributed by atoms with Gasteiger partial charge in [-0.2, -0.15) is 4.68 Å². The fourth-order valence-electron chi connectivity index (χ4n) is 3.16. The Kier molecular flexibility index (Phi) is 5.07. The van der Waals surface area contributed by atoms with Crippen LogP contribution in [0.15, 0.2) is 59.8 Å². The molecule has 2 aromatic carbocycles. The van der Waals surface area contributed by atoms with Gasteiger partial charge in [-0.05, 0) is 41.6 Å². The van der Waals surface area contributed by atoms with Gasteiger partial charge in [0.05, 0.1) is 22.8 Å². The van der Waals surface area contributed by atoms with E-state index < -0.39 is 0 Å². The standard InChI is InChI=1S/C19H18N6O2S/c1-13-11-17(26)20-15-9-5-6-10-16(15)24(13)18(27)12-28-19-21-22-23-25(19)14-7-3-2-4-8-14/h2-10,13H,11-12H2,1H3,(H,20,26). The largest absolute Gasteiger partial charge is 0.324 e. The Hall–Kier alpha value is -3.20. The van der Waals surface area contributed by atoms with E-state index in [1.807, 2.05) is 55.5 Å². The minimum atomic E-state index is -0.248. The molecule has 9 heteroatoms. The average Bonchev–Trinajstić information content (AvgIpc) is 3.12. The van der Waals surface area contributed by atoms with Crippen LogP contribution in [0, 0.1) is 0 Å². The lowest BCUT2D eigenvalue weighted by atomic mass is 10.2. The molecule has 1 atom stereocenters. The summed E-state index contributed by atoms with van der Waals surface area (Å²) >= 11 is 1.26. The van der Waals surface area contributed by atoms with E-state index in [1.165, 1.54) is 11.8 Å². The maximum atomic E-state index is 13.1. The monoisotopic (exact) mass is 394 g/mol. The highest BCUT2D eigenvalue weighted by Gasteiger charge is 2.29. The van der Waals surface area contributed by atoms with Crippen molar-refractivity contribution in [2.75, 3.05) is 16.0 Å². The summed E-state index contributed by atoms with van der Waals surface area (Å²) in [4.78, 5) is 26.8. The molecule has 4 rings (SSSR count). The van der Waals surface area contributed by atoms with E-state index in [4.69, 9.17) is 0 Å². The quantitative estimate of drug-likeness (QED) is 0.684. The van der Waals surface area contributed by atoms with Crippen LogP contribution in [0.2, 0.25) is 0 Å². The summed E-state index contributed by atoms with van der Waals surface area (Å²) in [5, 5.41) is 15.2. The summed E-state index contributed by atoms with van der Waals surface area (Å²) in [6.45, 7) is 1.87. The molecule has 1 N–H and O–H groups in total. The van der Waals surface area contributed by atoms with Crippen molar-refractivity contribution in [1.29, 1.82) is 0 Å². The molecule has 1 unspecified atom stereocenters. The number of para-hydroxylation sites is 3. The van der Waals surface area contributed by atoms with Crippen LogP contribution in [0.3, 0.4) is 0 Å². The lowest BCUT2D eigenvalue weighted by molar-refractivity contribution is -0.117. The van der Waals surface area contributed by atoms with Crippen molar-refractivity contribution in [3.05, 3.63) is 54.6 Å². The summed E-state index contributed by atoms with van der Waals surface area (Å²) < 4.78 is 1.60. The molecule has 0 aliphatic carbocycles. The molecule has 1 aromatic heterocycles. The van der Waals surface area contributed by atoms with Gasteiger partial charge in [-0.15, -0.1) is 5.10 Å². The van der Waals surface area contributed by atoms with E-state index in [0.29, 0.717) is 16.5 Å². The van der Waals surface area contributed by atoms with Crippen molar-refractivity contribution in [2.45, 2.75) is 24.5 Å². The van der Waals surface area contributed by atoms with Crippen LogP contribution in [-0.4, -0.2) is 43.8 Å². The first kappa shape index (κ1) is 18.2. The number of aromatic nitrogens is 4. The maximum Gasteiger partial charge on any atom is 0.237 e. The zero-order valence-electron chi connectivity index (χ0n) is 15.1. The number of hydrogen-bond donors (Lipinski definition) is 1. The zero-order chi connectivity index (χ0) is 19.5. The van der Waals surface area contributed by atoms with Crippen molar-refractivity contribution in [1.82, 2.24) is 20.2 Å². The third kappa shape index (κ3) is 3.61. The van der Waals surface area contributed by atoms with Crippen LogP contribution in [-0.2, 0) is 9.59 Å². The summed E-state index contributed by atoms with van der Waals surface area (Å²) in [5.41, 5.74) is 2.17. The van der Waals surface area contributed by atoms with Gasteiger partial charge < -0.3 is 10.2 Å². The predicted molar refractivity (Wildman–Crippen MR) is 107 cm³/mol. The van der Waals surface area contributed by atoms with E-state index in [9.17, 15) is 9.59 Å². The van der Waals surface area contributed by atoms with E-state index in [0.717, 1.165) is 5.69 Å². The number of amides is 2. The molecule has 0 radical (unpaired) electrons. The number of anilines is 2. The molecule has 3 aromatic rings. The van der Waals surface area contributed by atoms with Crippen LogP contribution in [0.1, 0.15) is 13.3 Å². The SMILES string of the molecule is CC1CC(=O)Nc2ccccc2N1C(=O)CSc1nnnn1-c1ccccc1. The van der Waals surface area contributed by atoms with Crippen LogP contribution < -0.4 is 10.2 Å². The highest BCUT2D eigenvalue weighted by atomic mass is 32.2. The molecular formula is C19H18N6O2S. The first-order valence-electron chi connectivity index (χ1n) is 8.81. The topological polar surface area (TPSA) is 93.0 Å². The molecule has 2 amide bonds. The van der Waals surface area contributed by atoms with E-state index in [1.54, 1.807) is 15.6 Å². The molecule has 142 valence electrons. The number of carbonyl (C=O) groups is 2. The van der Waals surface area contributed by atoms with Gasteiger partial charge in [0.15, 0.2) is 0 Å². The Morgan fingerprint density at radius 3 is 2.75 bits per heavy atom. The van der Waals surface area contributed by atoms with Crippen molar-refractivity contribution in [3.63, 3.8) is 0 Å². The molecule has 0 fully saturated rings. The second-order valence-electron chi connectivity index (χ2n) is 6.38. The smallest absolute Gasteiger partial charge is 0.237 e. The third-order valence-electron chi connectivity index (χ3n) is 4.39. The highest BCUT2D eigenvalue weighted by molar-refractivity contribution is 7.99. The second kappa shape index (κ2) is 7.81. The number of benzene rings is 2. The van der Waals surface area contributed by atoms with Gasteiger partial charge in [-0.1, -0.05) is 42.1 Å². The van der Waals surface area contributed by atoms with E-state index in [-0.39, 0.29) is 30.0 Å². The van der Waals surface area contributed by atoms with Gasteiger partial charge in [0.1, 0.15) is 0 Å². The number of fused-ring (bicyclic) bond motifs is 1. The summed E-state index contributed by atoms with van der Waals surface area (Å²) in [7, 11) is 0. The first-order valence-corrected chi connectivity index (χ1v) is 9.79. The Morgan fingerprint density at radius 2 is 1.93 bits per heavy atom. The summed E-state index contributed by atoms with van der Waals surface area (Å²) in [6, 6.07) is 16.6. The number of tetrazole rings is 1. The van der Waals surface area contributed by atoms with Gasteiger partial charge in [-0.3, -0.25) is 9.59 Å². The normalized spacial score (nSPS) is 16.2. The molecule has 0 spiro atoms. The number of nitrogens with zero attached hydrogens (tertiary/aromatic N) is 5. The average molecular weight is 394 g/mol. The molecule has 1 aliphatic rings. The number of thioether (sulfide) groups is 1. The highest BCUT2D eigenvalue weighted by Crippen LogP contribution is 2.32. The molecule has 0 saturated heterocycles. The fraction of sp³-hybridized carbons (Fsp3) is 0.211. The number of nitrogens with one attached hydrogen (secondary N) is 1. The Bertz CT molecular complexity index is 1010. The summed E-state index contributed by atoms with van der Waals surface area (Å²) in [5.74, 6) is -0.0555. The first-order chi connectivity index (χ1) is 13.6. The van der Waals surface area contributed by atoms with Gasteiger partial charge in [0, 0.05) is 12.5 Å². The molecule has 1 aliphatic heterocycles. The van der Waals surface area contributed by atoms with Crippen molar-refractivity contribution in [2.24, 2.45) is 0 Å². The van der Waals surface area contributed by atoms with Crippen molar-refractivity contribution < 1.29 is 9.59 Å². The van der Waals surface area contributed by atoms with Gasteiger partial charge >= 0.3 is 0 Å². The minimum Gasteiger partial charge on any atom is -0.324 e. The molecule has 8 nitrogen and oxygen atoms in total. The molecular weight excluding hydrogens is 376 g/mol. The number of rotatable bonds is 4. The van der Waals surface area contributed by atoms with Gasteiger partial charge in [-0.25, -0.2) is 0 Å². The maximum absolute atomic E-state index is 13.1. The van der Waals surface area contributed by atoms with Gasteiger partial charge in [0.25, 0.3) is 0 Å². The Balaban J connectivity index is 1.55.